The lowest BCUT2D eigenvalue weighted by Crippen LogP contribution is -2.27. The first-order valence-electron chi connectivity index (χ1n) is 8.33. The van der Waals surface area contributed by atoms with Gasteiger partial charge in [-0.3, -0.25) is 9.59 Å². The van der Waals surface area contributed by atoms with E-state index in [1.165, 1.54) is 18.2 Å². The van der Waals surface area contributed by atoms with E-state index in [2.05, 4.69) is 10.6 Å². The van der Waals surface area contributed by atoms with Crippen LogP contribution in [0.5, 0.6) is 11.5 Å². The van der Waals surface area contributed by atoms with Crippen LogP contribution in [0.25, 0.3) is 0 Å². The molecule has 2 atom stereocenters. The number of nitrogens with one attached hydrogen (secondary N) is 2. The highest BCUT2D eigenvalue weighted by Crippen LogP contribution is 2.39. The molecule has 2 aromatic rings. The molecule has 0 bridgehead atoms. The average molecular weight is 356 g/mol. The van der Waals surface area contributed by atoms with Crippen LogP contribution >= 0.6 is 0 Å². The number of halogens is 1. The zero-order chi connectivity index (χ0) is 18.1. The van der Waals surface area contributed by atoms with E-state index in [4.69, 9.17) is 9.47 Å². The number of fused-ring (bicyclic) bond motifs is 1. The number of rotatable bonds is 5. The van der Waals surface area contributed by atoms with Crippen molar-refractivity contribution in [3.63, 3.8) is 0 Å². The third-order valence-electron chi connectivity index (χ3n) is 4.46. The minimum absolute atomic E-state index is 0.165. The van der Waals surface area contributed by atoms with Crippen LogP contribution in [0.1, 0.15) is 12.0 Å². The highest BCUT2D eigenvalue weighted by molar-refractivity contribution is 5.99. The Balaban J connectivity index is 1.28. The maximum absolute atomic E-state index is 13.2. The Morgan fingerprint density at radius 1 is 1.04 bits per heavy atom. The Morgan fingerprint density at radius 3 is 2.69 bits per heavy atom. The topological polar surface area (TPSA) is 76.7 Å². The van der Waals surface area contributed by atoms with Crippen LogP contribution in [-0.4, -0.2) is 18.6 Å². The molecule has 134 valence electrons. The second kappa shape index (κ2) is 6.67. The van der Waals surface area contributed by atoms with E-state index in [-0.39, 0.29) is 30.4 Å². The van der Waals surface area contributed by atoms with E-state index < -0.39 is 5.82 Å². The zero-order valence-corrected chi connectivity index (χ0v) is 13.8. The molecule has 1 heterocycles. The number of hydrogen-bond donors (Lipinski definition) is 2. The third kappa shape index (κ3) is 3.46. The minimum Gasteiger partial charge on any atom is -0.454 e. The molecule has 1 saturated carbocycles. The van der Waals surface area contributed by atoms with Gasteiger partial charge in [-0.05, 0) is 42.3 Å². The molecule has 0 saturated heterocycles. The van der Waals surface area contributed by atoms with Gasteiger partial charge < -0.3 is 20.1 Å². The summed E-state index contributed by atoms with van der Waals surface area (Å²) in [6.07, 6.45) is 0.494. The molecule has 2 aliphatic rings. The van der Waals surface area contributed by atoms with Gasteiger partial charge in [0.05, 0.1) is 11.8 Å². The fraction of sp³-hybridized carbons (Fsp3) is 0.263. The van der Waals surface area contributed by atoms with Crippen molar-refractivity contribution in [2.75, 3.05) is 12.1 Å². The molecule has 2 N–H and O–H groups in total. The van der Waals surface area contributed by atoms with Crippen LogP contribution in [0, 0.1) is 17.7 Å². The predicted octanol–water partition coefficient (Wildman–Crippen LogP) is 2.45. The molecule has 1 aliphatic heterocycles. The van der Waals surface area contributed by atoms with Crippen LogP contribution in [0.4, 0.5) is 10.1 Å². The molecule has 1 fully saturated rings. The molecular formula is C19H17FN2O4. The maximum Gasteiger partial charge on any atom is 0.231 e. The second-order valence-corrected chi connectivity index (χ2v) is 6.35. The highest BCUT2D eigenvalue weighted by atomic mass is 19.1. The van der Waals surface area contributed by atoms with Gasteiger partial charge >= 0.3 is 0 Å². The van der Waals surface area contributed by atoms with Gasteiger partial charge in [0, 0.05) is 12.2 Å². The van der Waals surface area contributed by atoms with Crippen LogP contribution in [0.3, 0.4) is 0 Å². The molecule has 7 heteroatoms. The number of carbonyl (C=O) groups is 2. The average Bonchev–Trinajstić information content (AvgIpc) is 3.30. The first kappa shape index (κ1) is 16.4. The van der Waals surface area contributed by atoms with Crippen molar-refractivity contribution in [1.29, 1.82) is 0 Å². The van der Waals surface area contributed by atoms with Crippen molar-refractivity contribution in [2.24, 2.45) is 11.8 Å². The molecular weight excluding hydrogens is 339 g/mol. The molecule has 1 aliphatic carbocycles. The number of amides is 2. The van der Waals surface area contributed by atoms with Crippen molar-refractivity contribution in [2.45, 2.75) is 13.0 Å². The quantitative estimate of drug-likeness (QED) is 0.863. The van der Waals surface area contributed by atoms with E-state index in [0.29, 0.717) is 30.2 Å². The van der Waals surface area contributed by atoms with Gasteiger partial charge in [-0.2, -0.15) is 0 Å². The monoisotopic (exact) mass is 356 g/mol. The lowest BCUT2D eigenvalue weighted by Gasteiger charge is -2.07. The molecule has 0 radical (unpaired) electrons. The summed E-state index contributed by atoms with van der Waals surface area (Å²) in [4.78, 5) is 24.4. The Bertz CT molecular complexity index is 870. The molecule has 2 amide bonds. The first-order valence-corrected chi connectivity index (χ1v) is 8.33. The number of carbonyl (C=O) groups excluding carboxylic acids is 2. The van der Waals surface area contributed by atoms with Crippen molar-refractivity contribution in [3.8, 4) is 11.5 Å². The Morgan fingerprint density at radius 2 is 1.85 bits per heavy atom. The van der Waals surface area contributed by atoms with E-state index in [9.17, 15) is 14.0 Å². The fourth-order valence-corrected chi connectivity index (χ4v) is 2.95. The SMILES string of the molecule is O=C(NCc1ccc2c(c1)OCO2)C1CC1C(=O)Nc1cccc(F)c1. The standard InChI is InChI=1S/C19H17FN2O4/c20-12-2-1-3-13(7-12)22-19(24)15-8-14(15)18(23)21-9-11-4-5-16-17(6-11)26-10-25-16/h1-7,14-15H,8-10H2,(H,21,23)(H,22,24). The van der Waals surface area contributed by atoms with Gasteiger partial charge in [0.25, 0.3) is 0 Å². The number of ether oxygens (including phenoxy) is 2. The lowest BCUT2D eigenvalue weighted by molar-refractivity contribution is -0.125. The predicted molar refractivity (Wildman–Crippen MR) is 91.0 cm³/mol. The van der Waals surface area contributed by atoms with Crippen molar-refractivity contribution >= 4 is 17.5 Å². The summed E-state index contributed by atoms with van der Waals surface area (Å²) in [6, 6.07) is 11.2. The van der Waals surface area contributed by atoms with Gasteiger partial charge in [-0.1, -0.05) is 12.1 Å². The Kier molecular flexibility index (Phi) is 4.20. The largest absolute Gasteiger partial charge is 0.454 e. The van der Waals surface area contributed by atoms with Crippen LogP contribution in [-0.2, 0) is 16.1 Å². The van der Waals surface area contributed by atoms with Crippen LogP contribution < -0.4 is 20.1 Å². The van der Waals surface area contributed by atoms with Gasteiger partial charge in [0.2, 0.25) is 18.6 Å². The summed E-state index contributed by atoms with van der Waals surface area (Å²) >= 11 is 0. The van der Waals surface area contributed by atoms with E-state index in [1.54, 1.807) is 12.1 Å². The van der Waals surface area contributed by atoms with Gasteiger partial charge in [0.15, 0.2) is 11.5 Å². The minimum atomic E-state index is -0.420. The molecule has 6 nitrogen and oxygen atoms in total. The normalized spacial score (nSPS) is 19.7. The lowest BCUT2D eigenvalue weighted by atomic mass is 10.2. The van der Waals surface area contributed by atoms with Gasteiger partial charge in [-0.15, -0.1) is 0 Å². The Hall–Kier alpha value is -3.09. The summed E-state index contributed by atoms with van der Waals surface area (Å²) in [5.41, 5.74) is 1.28. The van der Waals surface area contributed by atoms with E-state index >= 15 is 0 Å². The summed E-state index contributed by atoms with van der Waals surface area (Å²) in [5.74, 6) is -0.225. The maximum atomic E-state index is 13.2. The number of anilines is 1. The number of hydrogen-bond acceptors (Lipinski definition) is 4. The molecule has 0 spiro atoms. The second-order valence-electron chi connectivity index (χ2n) is 6.35. The molecule has 2 unspecified atom stereocenters. The van der Waals surface area contributed by atoms with E-state index in [1.807, 2.05) is 12.1 Å². The highest BCUT2D eigenvalue weighted by Gasteiger charge is 2.47. The molecule has 26 heavy (non-hydrogen) atoms. The molecule has 4 rings (SSSR count). The summed E-state index contributed by atoms with van der Waals surface area (Å²) in [6.45, 7) is 0.555. The summed E-state index contributed by atoms with van der Waals surface area (Å²) < 4.78 is 23.7. The summed E-state index contributed by atoms with van der Waals surface area (Å²) in [5, 5.41) is 5.48. The zero-order valence-electron chi connectivity index (χ0n) is 13.8. The Labute approximate surface area is 149 Å². The fourth-order valence-electron chi connectivity index (χ4n) is 2.95. The van der Waals surface area contributed by atoms with Crippen molar-refractivity contribution in [3.05, 3.63) is 53.8 Å². The van der Waals surface area contributed by atoms with Crippen molar-refractivity contribution in [1.82, 2.24) is 5.32 Å². The third-order valence-corrected chi connectivity index (χ3v) is 4.46. The van der Waals surface area contributed by atoms with Crippen molar-refractivity contribution < 1.29 is 23.5 Å². The molecule has 0 aromatic heterocycles. The first-order chi connectivity index (χ1) is 12.6. The van der Waals surface area contributed by atoms with Crippen LogP contribution in [0.2, 0.25) is 0 Å². The van der Waals surface area contributed by atoms with Gasteiger partial charge in [0.1, 0.15) is 5.82 Å². The van der Waals surface area contributed by atoms with Gasteiger partial charge in [-0.25, -0.2) is 4.39 Å². The molecule has 2 aromatic carbocycles. The smallest absolute Gasteiger partial charge is 0.231 e. The summed E-state index contributed by atoms with van der Waals surface area (Å²) in [7, 11) is 0. The van der Waals surface area contributed by atoms with Crippen LogP contribution in [0.15, 0.2) is 42.5 Å². The van der Waals surface area contributed by atoms with E-state index in [0.717, 1.165) is 5.56 Å². The number of benzene rings is 2.